The van der Waals surface area contributed by atoms with Crippen LogP contribution in [0.25, 0.3) is 0 Å². The molecule has 9 heteroatoms. The lowest BCUT2D eigenvalue weighted by Crippen LogP contribution is -2.40. The molecule has 1 aliphatic rings. The van der Waals surface area contributed by atoms with Crippen molar-refractivity contribution >= 4 is 21.7 Å². The molecule has 1 aromatic heterocycles. The monoisotopic (exact) mass is 420 g/mol. The molecular weight excluding hydrogens is 392 g/mol. The predicted octanol–water partition coefficient (Wildman–Crippen LogP) is 2.53. The fourth-order valence-electron chi connectivity index (χ4n) is 3.23. The first-order valence-corrected chi connectivity index (χ1v) is 11.0. The van der Waals surface area contributed by atoms with E-state index in [1.165, 1.54) is 10.4 Å². The molecule has 0 unspecified atom stereocenters. The molecule has 2 aromatic rings. The lowest BCUT2D eigenvalue weighted by Gasteiger charge is -2.27. The van der Waals surface area contributed by atoms with Crippen molar-refractivity contribution in [1.29, 1.82) is 0 Å². The summed E-state index contributed by atoms with van der Waals surface area (Å²) in [6.07, 6.45) is 0. The lowest BCUT2D eigenvalue weighted by atomic mass is 10.1. The summed E-state index contributed by atoms with van der Waals surface area (Å²) in [5.41, 5.74) is 1.36. The van der Waals surface area contributed by atoms with Gasteiger partial charge in [-0.05, 0) is 52.3 Å². The molecule has 0 atom stereocenters. The predicted molar refractivity (Wildman–Crippen MR) is 111 cm³/mol. The Bertz CT molecular complexity index is 1020. The minimum atomic E-state index is -3.69. The number of sulfonamides is 1. The number of benzene rings is 1. The summed E-state index contributed by atoms with van der Waals surface area (Å²) in [5, 5.41) is 7.31. The highest BCUT2D eigenvalue weighted by molar-refractivity contribution is 7.89. The SMILES string of the molecule is Cc1cc(NC(=O)c2ccc(C)c(S(=O)(=O)N3CCOCC3)c2)n(C(C)(C)C)n1. The van der Waals surface area contributed by atoms with Gasteiger partial charge in [-0.1, -0.05) is 6.07 Å². The van der Waals surface area contributed by atoms with Crippen LogP contribution in [-0.2, 0) is 20.3 Å². The van der Waals surface area contributed by atoms with Gasteiger partial charge in [0.15, 0.2) is 0 Å². The Morgan fingerprint density at radius 3 is 2.41 bits per heavy atom. The number of ether oxygens (including phenoxy) is 1. The van der Waals surface area contributed by atoms with Crippen LogP contribution >= 0.6 is 0 Å². The maximum absolute atomic E-state index is 13.1. The number of carbonyl (C=O) groups excluding carboxylic acids is 1. The van der Waals surface area contributed by atoms with E-state index in [9.17, 15) is 13.2 Å². The second-order valence-electron chi connectivity index (χ2n) is 8.20. The van der Waals surface area contributed by atoms with Crippen LogP contribution in [0.15, 0.2) is 29.2 Å². The van der Waals surface area contributed by atoms with Crippen molar-refractivity contribution in [2.45, 2.75) is 45.1 Å². The molecule has 1 aliphatic heterocycles. The molecule has 0 aliphatic carbocycles. The molecule has 29 heavy (non-hydrogen) atoms. The summed E-state index contributed by atoms with van der Waals surface area (Å²) in [5.74, 6) is 0.187. The smallest absolute Gasteiger partial charge is 0.256 e. The summed E-state index contributed by atoms with van der Waals surface area (Å²) in [6.45, 7) is 10.9. The highest BCUT2D eigenvalue weighted by Gasteiger charge is 2.29. The van der Waals surface area contributed by atoms with Crippen molar-refractivity contribution < 1.29 is 17.9 Å². The number of anilines is 1. The molecule has 0 saturated carbocycles. The second kappa shape index (κ2) is 7.89. The van der Waals surface area contributed by atoms with E-state index in [0.29, 0.717) is 37.7 Å². The van der Waals surface area contributed by atoms with Gasteiger partial charge in [-0.2, -0.15) is 9.40 Å². The number of aryl methyl sites for hydroxylation is 2. The average molecular weight is 421 g/mol. The highest BCUT2D eigenvalue weighted by Crippen LogP contribution is 2.24. The average Bonchev–Trinajstić information content (AvgIpc) is 3.03. The zero-order chi connectivity index (χ0) is 21.4. The van der Waals surface area contributed by atoms with E-state index in [2.05, 4.69) is 10.4 Å². The zero-order valence-electron chi connectivity index (χ0n) is 17.5. The Kier molecular flexibility index (Phi) is 5.84. The maximum atomic E-state index is 13.1. The van der Waals surface area contributed by atoms with Gasteiger partial charge >= 0.3 is 0 Å². The van der Waals surface area contributed by atoms with E-state index in [1.807, 2.05) is 27.7 Å². The molecule has 158 valence electrons. The van der Waals surface area contributed by atoms with E-state index in [0.717, 1.165) is 5.69 Å². The Morgan fingerprint density at radius 1 is 1.14 bits per heavy atom. The second-order valence-corrected chi connectivity index (χ2v) is 10.1. The van der Waals surface area contributed by atoms with Crippen molar-refractivity contribution in [2.24, 2.45) is 0 Å². The number of nitrogens with zero attached hydrogens (tertiary/aromatic N) is 3. The topological polar surface area (TPSA) is 93.5 Å². The molecule has 0 spiro atoms. The van der Waals surface area contributed by atoms with Gasteiger partial charge in [0.1, 0.15) is 5.82 Å². The molecule has 0 bridgehead atoms. The third kappa shape index (κ3) is 4.52. The van der Waals surface area contributed by atoms with E-state index in [4.69, 9.17) is 4.74 Å². The first-order chi connectivity index (χ1) is 13.5. The first kappa shape index (κ1) is 21.5. The summed E-state index contributed by atoms with van der Waals surface area (Å²) in [6, 6.07) is 6.53. The highest BCUT2D eigenvalue weighted by atomic mass is 32.2. The van der Waals surface area contributed by atoms with Gasteiger partial charge in [-0.15, -0.1) is 0 Å². The molecule has 2 heterocycles. The minimum absolute atomic E-state index is 0.146. The van der Waals surface area contributed by atoms with Gasteiger partial charge in [0.25, 0.3) is 5.91 Å². The molecule has 1 fully saturated rings. The largest absolute Gasteiger partial charge is 0.379 e. The lowest BCUT2D eigenvalue weighted by molar-refractivity contribution is 0.0730. The number of aromatic nitrogens is 2. The summed E-state index contributed by atoms with van der Waals surface area (Å²) in [4.78, 5) is 13.0. The van der Waals surface area contributed by atoms with Crippen LogP contribution in [0.5, 0.6) is 0 Å². The molecular formula is C20H28N4O4S. The molecule has 1 amide bonds. The number of carbonyl (C=O) groups is 1. The van der Waals surface area contributed by atoms with Crippen LogP contribution in [0.3, 0.4) is 0 Å². The van der Waals surface area contributed by atoms with Crippen LogP contribution in [0.1, 0.15) is 42.4 Å². The van der Waals surface area contributed by atoms with Gasteiger partial charge in [-0.25, -0.2) is 13.1 Å². The summed E-state index contributed by atoms with van der Waals surface area (Å²) < 4.78 is 34.5. The molecule has 1 N–H and O–H groups in total. The van der Waals surface area contributed by atoms with Gasteiger partial charge in [0, 0.05) is 24.7 Å². The van der Waals surface area contributed by atoms with Gasteiger partial charge in [-0.3, -0.25) is 4.79 Å². The fraction of sp³-hybridized carbons (Fsp3) is 0.500. The molecule has 1 aromatic carbocycles. The number of rotatable bonds is 4. The van der Waals surface area contributed by atoms with Crippen molar-refractivity contribution in [2.75, 3.05) is 31.6 Å². The number of hydrogen-bond acceptors (Lipinski definition) is 5. The summed E-state index contributed by atoms with van der Waals surface area (Å²) >= 11 is 0. The van der Waals surface area contributed by atoms with Crippen molar-refractivity contribution in [3.05, 3.63) is 41.1 Å². The Hall–Kier alpha value is -2.23. The van der Waals surface area contributed by atoms with Crippen LogP contribution in [0, 0.1) is 13.8 Å². The third-order valence-electron chi connectivity index (χ3n) is 4.75. The molecule has 0 radical (unpaired) electrons. The summed E-state index contributed by atoms with van der Waals surface area (Å²) in [7, 11) is -3.69. The molecule has 3 rings (SSSR count). The fourth-order valence-corrected chi connectivity index (χ4v) is 4.89. The quantitative estimate of drug-likeness (QED) is 0.820. The minimum Gasteiger partial charge on any atom is -0.379 e. The number of nitrogens with one attached hydrogen (secondary N) is 1. The Morgan fingerprint density at radius 2 is 1.79 bits per heavy atom. The van der Waals surface area contributed by atoms with E-state index in [-0.39, 0.29) is 21.9 Å². The number of amides is 1. The number of morpholine rings is 1. The van der Waals surface area contributed by atoms with E-state index < -0.39 is 10.0 Å². The van der Waals surface area contributed by atoms with Crippen LogP contribution in [0.4, 0.5) is 5.82 Å². The normalized spacial score (nSPS) is 16.0. The van der Waals surface area contributed by atoms with Gasteiger partial charge in [0.2, 0.25) is 10.0 Å². The Balaban J connectivity index is 1.91. The maximum Gasteiger partial charge on any atom is 0.256 e. The van der Waals surface area contributed by atoms with Crippen LogP contribution in [0.2, 0.25) is 0 Å². The van der Waals surface area contributed by atoms with E-state index >= 15 is 0 Å². The van der Waals surface area contributed by atoms with Crippen molar-refractivity contribution in [3.8, 4) is 0 Å². The van der Waals surface area contributed by atoms with Crippen LogP contribution < -0.4 is 5.32 Å². The zero-order valence-corrected chi connectivity index (χ0v) is 18.3. The molecule has 1 saturated heterocycles. The van der Waals surface area contributed by atoms with Crippen molar-refractivity contribution in [3.63, 3.8) is 0 Å². The standard InChI is InChI=1S/C20H28N4O4S/c1-14-6-7-16(13-17(14)29(26,27)23-8-10-28-11-9-23)19(25)21-18-12-15(2)22-24(18)20(3,4)5/h6-7,12-13H,8-11H2,1-5H3,(H,21,25). The Labute approximate surface area is 171 Å². The number of hydrogen-bond donors (Lipinski definition) is 1. The van der Waals surface area contributed by atoms with Gasteiger partial charge < -0.3 is 10.1 Å². The molecule has 8 nitrogen and oxygen atoms in total. The van der Waals surface area contributed by atoms with Crippen molar-refractivity contribution in [1.82, 2.24) is 14.1 Å². The van der Waals surface area contributed by atoms with E-state index in [1.54, 1.807) is 29.8 Å². The third-order valence-corrected chi connectivity index (χ3v) is 6.79. The van der Waals surface area contributed by atoms with Crippen LogP contribution in [-0.4, -0.2) is 54.7 Å². The first-order valence-electron chi connectivity index (χ1n) is 9.57. The van der Waals surface area contributed by atoms with Gasteiger partial charge in [0.05, 0.1) is 29.3 Å².